The fourth-order valence-corrected chi connectivity index (χ4v) is 12.8. The number of aryl methyl sites for hydroxylation is 1. The molecule has 91 heavy (non-hydrogen) atoms. The highest BCUT2D eigenvalue weighted by atomic mass is 16.7. The largest absolute Gasteiger partial charge is 0.509 e. The molecule has 25 nitrogen and oxygen atoms in total. The standard InChI is InChI=1S/C66H85N11O14/c1-8-46-48-29-45(78)21-23-51(48)71-58-49(46)34-76-53(58)30-50-47(62(76)86)22-24-54(79)66(50,9-2)91-63(87)89-35-41-15-19-43(20-16-41)69-60(84)52(12-10-11-26-67)70-55(80)36-88-37-56(81)72-64(4,5)25-27-90-65(6,7)38-75-33-44(73-74-75)31-68-59(83)42-17-13-40(14-18-42)32-77-57(82)28-39(3)61(77)85/h15-16,19-21,23,29-30,33,39-40,42,52,78H,8-14,17-18,22,24-28,31-32,34-38,67H2,1-7H3,(H,68,83)(H,69,84)(H,70,80)(H,72,81). The van der Waals surface area contributed by atoms with Crippen molar-refractivity contribution in [1.82, 2.24) is 45.4 Å². The maximum Gasteiger partial charge on any atom is 0.509 e. The number of Topliss-reactive ketones (excluding diaryl/α,β-unsaturated/α-hetero) is 1. The highest BCUT2D eigenvalue weighted by molar-refractivity contribution is 6.03. The van der Waals surface area contributed by atoms with Crippen molar-refractivity contribution in [3.63, 3.8) is 0 Å². The van der Waals surface area contributed by atoms with Crippen LogP contribution >= 0.6 is 0 Å². The van der Waals surface area contributed by atoms with E-state index in [0.29, 0.717) is 103 Å². The average Bonchev–Trinajstić information content (AvgIpc) is 1.66. The number of ether oxygens (including phenoxy) is 4. The van der Waals surface area contributed by atoms with Crippen LogP contribution in [0.3, 0.4) is 0 Å². The van der Waals surface area contributed by atoms with Crippen molar-refractivity contribution < 1.29 is 62.4 Å². The molecule has 488 valence electrons. The number of nitrogens with two attached hydrogens (primary N) is 1. The van der Waals surface area contributed by atoms with Gasteiger partial charge in [-0.25, -0.2) is 14.5 Å². The Morgan fingerprint density at radius 1 is 0.912 bits per heavy atom. The zero-order valence-corrected chi connectivity index (χ0v) is 53.1. The Balaban J connectivity index is 0.685. The predicted molar refractivity (Wildman–Crippen MR) is 334 cm³/mol. The van der Waals surface area contributed by atoms with Gasteiger partial charge in [0.25, 0.3) is 5.56 Å². The van der Waals surface area contributed by atoms with Crippen molar-refractivity contribution in [2.45, 2.75) is 181 Å². The van der Waals surface area contributed by atoms with E-state index in [2.05, 4.69) is 31.6 Å². The summed E-state index contributed by atoms with van der Waals surface area (Å²) >= 11 is 0. The summed E-state index contributed by atoms with van der Waals surface area (Å²) in [5, 5.41) is 30.9. The van der Waals surface area contributed by atoms with Gasteiger partial charge in [0.2, 0.25) is 35.4 Å². The number of benzene rings is 2. The van der Waals surface area contributed by atoms with E-state index in [1.165, 1.54) is 4.90 Å². The number of carbonyl (C=O) groups is 8. The number of fused-ring (bicyclic) bond motifs is 5. The van der Waals surface area contributed by atoms with Crippen molar-refractivity contribution in [2.24, 2.45) is 23.5 Å². The lowest BCUT2D eigenvalue weighted by molar-refractivity contribution is -0.144. The van der Waals surface area contributed by atoms with Crippen LogP contribution in [0.25, 0.3) is 22.3 Å². The smallest absolute Gasteiger partial charge is 0.508 e. The Hall–Kier alpha value is -8.42. The number of hydrogen-bond donors (Lipinski definition) is 6. The molecule has 25 heteroatoms. The van der Waals surface area contributed by atoms with Crippen molar-refractivity contribution in [1.29, 1.82) is 0 Å². The number of phenolic OH excluding ortho intramolecular Hbond substituents is 1. The van der Waals surface area contributed by atoms with E-state index in [9.17, 15) is 48.3 Å². The first-order chi connectivity index (χ1) is 43.4. The van der Waals surface area contributed by atoms with Crippen molar-refractivity contribution in [3.05, 3.63) is 98.6 Å². The van der Waals surface area contributed by atoms with E-state index >= 15 is 0 Å². The van der Waals surface area contributed by atoms with E-state index in [-0.39, 0.29) is 111 Å². The van der Waals surface area contributed by atoms with Gasteiger partial charge in [-0.05, 0) is 158 Å². The van der Waals surface area contributed by atoms with Crippen molar-refractivity contribution >= 4 is 64.0 Å². The van der Waals surface area contributed by atoms with Gasteiger partial charge in [-0.3, -0.25) is 43.3 Å². The van der Waals surface area contributed by atoms with Crippen LogP contribution in [-0.2, 0) is 97.2 Å². The fraction of sp³-hybridized carbons (Fsp3) is 0.545. The van der Waals surface area contributed by atoms with Crippen LogP contribution in [0.2, 0.25) is 0 Å². The summed E-state index contributed by atoms with van der Waals surface area (Å²) in [7, 11) is 0. The third-order valence-corrected chi connectivity index (χ3v) is 17.8. The lowest BCUT2D eigenvalue weighted by Crippen LogP contribution is -2.47. The summed E-state index contributed by atoms with van der Waals surface area (Å²) in [5.41, 5.74) is 8.04. The number of anilines is 1. The number of nitrogens with zero attached hydrogens (tertiary/aromatic N) is 6. The number of aromatic nitrogens is 5. The third-order valence-electron chi connectivity index (χ3n) is 17.8. The second-order valence-corrected chi connectivity index (χ2v) is 25.7. The summed E-state index contributed by atoms with van der Waals surface area (Å²) in [6.45, 7) is 13.8. The number of carbonyl (C=O) groups excluding carboxylic acids is 8. The summed E-state index contributed by atoms with van der Waals surface area (Å²) in [6.07, 6.45) is 6.52. The second kappa shape index (κ2) is 28.8. The van der Waals surface area contributed by atoms with Crippen molar-refractivity contribution in [2.75, 3.05) is 38.2 Å². The molecule has 2 aromatic carbocycles. The van der Waals surface area contributed by atoms with Crippen LogP contribution < -0.4 is 32.6 Å². The molecule has 2 aliphatic heterocycles. The molecule has 9 rings (SSSR count). The molecule has 4 aliphatic rings. The molecule has 5 aromatic rings. The third kappa shape index (κ3) is 16.0. The molecule has 1 saturated carbocycles. The lowest BCUT2D eigenvalue weighted by atomic mass is 9.76. The maximum atomic E-state index is 14.2. The van der Waals surface area contributed by atoms with Crippen LogP contribution in [0.1, 0.15) is 153 Å². The molecule has 2 aliphatic carbocycles. The molecule has 5 heterocycles. The Bertz CT molecular complexity index is 3630. The zero-order chi connectivity index (χ0) is 65.4. The molecule has 6 amide bonds. The van der Waals surface area contributed by atoms with Gasteiger partial charge in [0.05, 0.1) is 48.3 Å². The second-order valence-electron chi connectivity index (χ2n) is 25.7. The topological polar surface area (TPSA) is 337 Å². The molecule has 0 radical (unpaired) electrons. The molecule has 1 saturated heterocycles. The molecule has 0 bridgehead atoms. The van der Waals surface area contributed by atoms with Gasteiger partial charge >= 0.3 is 6.16 Å². The maximum absolute atomic E-state index is 14.2. The van der Waals surface area contributed by atoms with Gasteiger partial charge < -0.3 is 55.6 Å². The summed E-state index contributed by atoms with van der Waals surface area (Å²) in [5.74, 6) is -2.30. The minimum atomic E-state index is -1.79. The number of rotatable bonds is 28. The van der Waals surface area contributed by atoms with E-state index in [1.807, 2.05) is 34.6 Å². The monoisotopic (exact) mass is 1260 g/mol. The number of unbranched alkanes of at least 4 members (excludes halogenated alkanes) is 1. The Kier molecular flexibility index (Phi) is 21.2. The quantitative estimate of drug-likeness (QED) is 0.0188. The van der Waals surface area contributed by atoms with Crippen LogP contribution in [0, 0.1) is 17.8 Å². The molecule has 0 spiro atoms. The van der Waals surface area contributed by atoms with Gasteiger partial charge in [0, 0.05) is 71.1 Å². The summed E-state index contributed by atoms with van der Waals surface area (Å²) in [6, 6.07) is 12.2. The average molecular weight is 1260 g/mol. The first kappa shape index (κ1) is 67.0. The van der Waals surface area contributed by atoms with Gasteiger partial charge in [-0.2, -0.15) is 0 Å². The van der Waals surface area contributed by atoms with Gasteiger partial charge in [0.1, 0.15) is 37.3 Å². The minimum Gasteiger partial charge on any atom is -0.508 e. The van der Waals surface area contributed by atoms with Gasteiger partial charge in [0.15, 0.2) is 11.4 Å². The van der Waals surface area contributed by atoms with E-state index in [4.69, 9.17) is 29.7 Å². The number of nitrogens with one attached hydrogen (secondary N) is 4. The predicted octanol–water partition coefficient (Wildman–Crippen LogP) is 5.93. The number of ketones is 1. The SMILES string of the molecule is CCc1c2c(nc3ccc(O)cc13)-c1cc3c(c(=O)n1C2)CCC(=O)C3(CC)OC(=O)OCc1ccc(NC(=O)C(CCCCN)NC(=O)COCC(=O)NC(C)(C)CCOC(C)(C)Cn2cc(CNC(=O)C3CCC(CN4C(=O)CC(C)C4=O)CC3)nn2)cc1. The van der Waals surface area contributed by atoms with Gasteiger partial charge in [-0.1, -0.05) is 38.1 Å². The molecule has 3 atom stereocenters. The number of amides is 6. The molecular weight excluding hydrogens is 1170 g/mol. The Labute approximate surface area is 528 Å². The highest BCUT2D eigenvalue weighted by Gasteiger charge is 2.49. The van der Waals surface area contributed by atoms with Crippen LogP contribution in [0.5, 0.6) is 5.75 Å². The van der Waals surface area contributed by atoms with Crippen molar-refractivity contribution in [3.8, 4) is 17.1 Å². The minimum absolute atomic E-state index is 0.0149. The van der Waals surface area contributed by atoms with Crippen LogP contribution in [-0.4, -0.2) is 132 Å². The first-order valence-electron chi connectivity index (χ1n) is 31.6. The number of hydrogen-bond acceptors (Lipinski definition) is 18. The number of pyridine rings is 2. The fourth-order valence-electron chi connectivity index (χ4n) is 12.8. The number of imide groups is 1. The summed E-state index contributed by atoms with van der Waals surface area (Å²) in [4.78, 5) is 125. The van der Waals surface area contributed by atoms with Crippen LogP contribution in [0.15, 0.2) is 59.5 Å². The highest BCUT2D eigenvalue weighted by Crippen LogP contribution is 2.43. The first-order valence-corrected chi connectivity index (χ1v) is 31.6. The van der Waals surface area contributed by atoms with Gasteiger partial charge in [-0.15, -0.1) is 5.10 Å². The summed E-state index contributed by atoms with van der Waals surface area (Å²) < 4.78 is 26.5. The lowest BCUT2D eigenvalue weighted by Gasteiger charge is -2.36. The molecule has 3 unspecified atom stereocenters. The Morgan fingerprint density at radius 3 is 2.36 bits per heavy atom. The van der Waals surface area contributed by atoms with E-state index < -0.39 is 59.9 Å². The van der Waals surface area contributed by atoms with Crippen LogP contribution in [0.4, 0.5) is 10.5 Å². The number of phenols is 1. The molecular formula is C66H85N11O14. The van der Waals surface area contributed by atoms with E-state index in [1.54, 1.807) is 77.8 Å². The molecule has 2 fully saturated rings. The zero-order valence-electron chi connectivity index (χ0n) is 53.1. The molecule has 3 aromatic heterocycles. The normalized spacial score (nSPS) is 19.1. The Morgan fingerprint density at radius 2 is 1.66 bits per heavy atom. The number of aromatic hydroxyl groups is 1. The molecule has 7 N–H and O–H groups in total. The van der Waals surface area contributed by atoms with E-state index in [0.717, 1.165) is 29.4 Å². The number of likely N-dealkylation sites (tertiary alicyclic amines) is 1.